The molecule has 0 bridgehead atoms. The molecular formula is C20H23N3OS. The monoisotopic (exact) mass is 353 g/mol. The minimum atomic E-state index is 0.149. The normalized spacial score (nSPS) is 16.3. The number of benzene rings is 1. The van der Waals surface area contributed by atoms with Crippen LogP contribution in [0.3, 0.4) is 0 Å². The summed E-state index contributed by atoms with van der Waals surface area (Å²) in [5.74, 6) is 0.545. The van der Waals surface area contributed by atoms with E-state index in [2.05, 4.69) is 24.0 Å². The molecule has 2 heterocycles. The zero-order valence-corrected chi connectivity index (χ0v) is 15.4. The third-order valence-corrected chi connectivity index (χ3v) is 5.94. The van der Waals surface area contributed by atoms with Crippen LogP contribution in [0.5, 0.6) is 0 Å². The molecule has 5 heteroatoms. The molecular weight excluding hydrogens is 330 g/mol. The summed E-state index contributed by atoms with van der Waals surface area (Å²) in [5.41, 5.74) is 5.95. The Bertz CT molecular complexity index is 806. The quantitative estimate of drug-likeness (QED) is 0.623. The molecule has 25 heavy (non-hydrogen) atoms. The molecule has 4 nitrogen and oxygen atoms in total. The van der Waals surface area contributed by atoms with Gasteiger partial charge in [0.05, 0.1) is 5.75 Å². The van der Waals surface area contributed by atoms with Crippen LogP contribution >= 0.6 is 11.8 Å². The van der Waals surface area contributed by atoms with Crippen LogP contribution in [0.4, 0.5) is 5.69 Å². The minimum absolute atomic E-state index is 0.149. The lowest BCUT2D eigenvalue weighted by molar-refractivity contribution is -0.116. The number of nitrogens with zero attached hydrogens (tertiary/aromatic N) is 3. The van der Waals surface area contributed by atoms with Gasteiger partial charge in [-0.2, -0.15) is 0 Å². The number of aryl methyl sites for hydroxylation is 3. The van der Waals surface area contributed by atoms with Gasteiger partial charge in [-0.05, 0) is 62.6 Å². The molecule has 0 spiro atoms. The highest BCUT2D eigenvalue weighted by Crippen LogP contribution is 2.29. The molecule has 2 aliphatic rings. The fourth-order valence-electron chi connectivity index (χ4n) is 3.82. The van der Waals surface area contributed by atoms with Gasteiger partial charge < -0.3 is 4.90 Å². The number of thioether (sulfide) groups is 1. The van der Waals surface area contributed by atoms with Gasteiger partial charge in [-0.1, -0.05) is 30.0 Å². The van der Waals surface area contributed by atoms with E-state index in [0.29, 0.717) is 5.75 Å². The highest BCUT2D eigenvalue weighted by atomic mass is 32.2. The fraction of sp³-hybridized carbons (Fsp3) is 0.450. The SMILES string of the molecule is Cc1nc(SCC(=O)N2CCCc3ccccc32)nc2c1CCCC2. The molecule has 1 aromatic heterocycles. The fourth-order valence-corrected chi connectivity index (χ4v) is 4.60. The van der Waals surface area contributed by atoms with E-state index in [4.69, 9.17) is 4.98 Å². The minimum Gasteiger partial charge on any atom is -0.311 e. The van der Waals surface area contributed by atoms with Crippen molar-refractivity contribution in [3.05, 3.63) is 46.8 Å². The van der Waals surface area contributed by atoms with Crippen molar-refractivity contribution in [3.8, 4) is 0 Å². The lowest BCUT2D eigenvalue weighted by atomic mass is 9.95. The van der Waals surface area contributed by atoms with Crippen molar-refractivity contribution in [1.29, 1.82) is 0 Å². The summed E-state index contributed by atoms with van der Waals surface area (Å²) in [6, 6.07) is 8.23. The van der Waals surface area contributed by atoms with Crippen LogP contribution in [-0.4, -0.2) is 28.2 Å². The molecule has 0 saturated heterocycles. The summed E-state index contributed by atoms with van der Waals surface area (Å²) in [5, 5.41) is 0.747. The van der Waals surface area contributed by atoms with Crippen LogP contribution in [0.1, 0.15) is 41.8 Å². The maximum atomic E-state index is 12.8. The second kappa shape index (κ2) is 7.16. The second-order valence-electron chi connectivity index (χ2n) is 6.79. The number of rotatable bonds is 3. The smallest absolute Gasteiger partial charge is 0.237 e. The Kier molecular flexibility index (Phi) is 4.75. The first-order chi connectivity index (χ1) is 12.2. The van der Waals surface area contributed by atoms with Crippen molar-refractivity contribution in [2.45, 2.75) is 50.6 Å². The van der Waals surface area contributed by atoms with Gasteiger partial charge in [0.1, 0.15) is 0 Å². The van der Waals surface area contributed by atoms with Crippen LogP contribution in [0.25, 0.3) is 0 Å². The Morgan fingerprint density at radius 1 is 1.12 bits per heavy atom. The molecule has 1 aliphatic heterocycles. The van der Waals surface area contributed by atoms with Gasteiger partial charge in [0.25, 0.3) is 0 Å². The van der Waals surface area contributed by atoms with Crippen LogP contribution in [0.15, 0.2) is 29.4 Å². The lowest BCUT2D eigenvalue weighted by Gasteiger charge is -2.29. The number of aromatic nitrogens is 2. The van der Waals surface area contributed by atoms with E-state index in [1.807, 2.05) is 17.0 Å². The zero-order chi connectivity index (χ0) is 17.2. The Balaban J connectivity index is 1.47. The summed E-state index contributed by atoms with van der Waals surface area (Å²) < 4.78 is 0. The molecule has 4 rings (SSSR count). The van der Waals surface area contributed by atoms with Crippen molar-refractivity contribution < 1.29 is 4.79 Å². The summed E-state index contributed by atoms with van der Waals surface area (Å²) in [7, 11) is 0. The van der Waals surface area contributed by atoms with E-state index >= 15 is 0 Å². The molecule has 1 aromatic carbocycles. The third-order valence-electron chi connectivity index (χ3n) is 5.11. The Labute approximate surface area is 153 Å². The Hall–Kier alpha value is -1.88. The molecule has 0 atom stereocenters. The number of hydrogen-bond acceptors (Lipinski definition) is 4. The third kappa shape index (κ3) is 3.43. The molecule has 1 aliphatic carbocycles. The number of para-hydroxylation sites is 1. The molecule has 2 aromatic rings. The summed E-state index contributed by atoms with van der Waals surface area (Å²) in [4.78, 5) is 24.0. The van der Waals surface area contributed by atoms with E-state index in [9.17, 15) is 4.79 Å². The van der Waals surface area contributed by atoms with Gasteiger partial charge in [-0.3, -0.25) is 4.79 Å². The first kappa shape index (κ1) is 16.6. The highest BCUT2D eigenvalue weighted by Gasteiger charge is 2.23. The van der Waals surface area contributed by atoms with Gasteiger partial charge in [-0.25, -0.2) is 9.97 Å². The van der Waals surface area contributed by atoms with Crippen LogP contribution < -0.4 is 4.90 Å². The zero-order valence-electron chi connectivity index (χ0n) is 14.6. The van der Waals surface area contributed by atoms with Crippen molar-refractivity contribution >= 4 is 23.4 Å². The largest absolute Gasteiger partial charge is 0.311 e. The van der Waals surface area contributed by atoms with E-state index in [-0.39, 0.29) is 5.91 Å². The van der Waals surface area contributed by atoms with Gasteiger partial charge in [-0.15, -0.1) is 0 Å². The van der Waals surface area contributed by atoms with Gasteiger partial charge in [0.15, 0.2) is 5.16 Å². The maximum absolute atomic E-state index is 12.8. The van der Waals surface area contributed by atoms with Gasteiger partial charge in [0, 0.05) is 23.6 Å². The number of anilines is 1. The average Bonchev–Trinajstić information content (AvgIpc) is 2.66. The first-order valence-electron chi connectivity index (χ1n) is 9.10. The van der Waals surface area contributed by atoms with Gasteiger partial charge in [0.2, 0.25) is 5.91 Å². The number of carbonyl (C=O) groups excluding carboxylic acids is 1. The highest BCUT2D eigenvalue weighted by molar-refractivity contribution is 7.99. The van der Waals surface area contributed by atoms with Crippen molar-refractivity contribution in [1.82, 2.24) is 9.97 Å². The number of amides is 1. The predicted molar refractivity (Wildman–Crippen MR) is 101 cm³/mol. The standard InChI is InChI=1S/C20H23N3OS/c1-14-16-9-3-4-10-17(16)22-20(21-14)25-13-19(24)23-12-6-8-15-7-2-5-11-18(15)23/h2,5,7,11H,3-4,6,8-10,12-13H2,1H3. The van der Waals surface area contributed by atoms with Crippen molar-refractivity contribution in [2.24, 2.45) is 0 Å². The van der Waals surface area contributed by atoms with E-state index in [1.54, 1.807) is 0 Å². The number of fused-ring (bicyclic) bond motifs is 2. The van der Waals surface area contributed by atoms with E-state index in [0.717, 1.165) is 48.8 Å². The topological polar surface area (TPSA) is 46.1 Å². The molecule has 0 saturated carbocycles. The first-order valence-corrected chi connectivity index (χ1v) is 10.1. The second-order valence-corrected chi connectivity index (χ2v) is 7.73. The van der Waals surface area contributed by atoms with E-state index in [1.165, 1.54) is 41.4 Å². The molecule has 0 fully saturated rings. The number of hydrogen-bond donors (Lipinski definition) is 0. The Morgan fingerprint density at radius 2 is 1.96 bits per heavy atom. The summed E-state index contributed by atoms with van der Waals surface area (Å²) in [6.07, 6.45) is 6.66. The average molecular weight is 353 g/mol. The molecule has 1 amide bonds. The van der Waals surface area contributed by atoms with Crippen LogP contribution in [-0.2, 0) is 24.1 Å². The lowest BCUT2D eigenvalue weighted by Crippen LogP contribution is -2.36. The predicted octanol–water partition coefficient (Wildman–Crippen LogP) is 3.74. The molecule has 0 N–H and O–H groups in total. The molecule has 0 radical (unpaired) electrons. The van der Waals surface area contributed by atoms with Crippen molar-refractivity contribution in [3.63, 3.8) is 0 Å². The van der Waals surface area contributed by atoms with Crippen molar-refractivity contribution in [2.75, 3.05) is 17.2 Å². The number of carbonyl (C=O) groups is 1. The van der Waals surface area contributed by atoms with Crippen LogP contribution in [0, 0.1) is 6.92 Å². The molecule has 130 valence electrons. The summed E-state index contributed by atoms with van der Waals surface area (Å²) in [6.45, 7) is 2.87. The Morgan fingerprint density at radius 3 is 2.88 bits per heavy atom. The van der Waals surface area contributed by atoms with E-state index < -0.39 is 0 Å². The summed E-state index contributed by atoms with van der Waals surface area (Å²) >= 11 is 1.47. The van der Waals surface area contributed by atoms with Crippen LogP contribution in [0.2, 0.25) is 0 Å². The molecule has 0 unspecified atom stereocenters. The van der Waals surface area contributed by atoms with Gasteiger partial charge >= 0.3 is 0 Å². The maximum Gasteiger partial charge on any atom is 0.237 e.